The van der Waals surface area contributed by atoms with E-state index in [-0.39, 0.29) is 34.8 Å². The van der Waals surface area contributed by atoms with Gasteiger partial charge in [-0.25, -0.2) is 8.42 Å². The molecule has 1 atom stereocenters. The van der Waals surface area contributed by atoms with Crippen molar-refractivity contribution >= 4 is 33.5 Å². The summed E-state index contributed by atoms with van der Waals surface area (Å²) in [4.78, 5) is 26.5. The van der Waals surface area contributed by atoms with Crippen molar-refractivity contribution in [2.24, 2.45) is 11.1 Å². The van der Waals surface area contributed by atoms with Crippen LogP contribution in [0.3, 0.4) is 0 Å². The lowest BCUT2D eigenvalue weighted by atomic mass is 9.80. The number of ether oxygens (including phenoxy) is 1. The molecule has 1 heterocycles. The van der Waals surface area contributed by atoms with Crippen molar-refractivity contribution in [3.63, 3.8) is 0 Å². The minimum atomic E-state index is -4.03. The number of carbonyl (C=O) groups excluding carboxylic acids is 2. The molecule has 1 aromatic rings. The smallest absolute Gasteiger partial charge is 0.311 e. The topological polar surface area (TPSA) is 119 Å². The molecule has 0 aromatic heterocycles. The molecule has 1 aliphatic rings. The summed E-state index contributed by atoms with van der Waals surface area (Å²) >= 11 is 6.09. The highest BCUT2D eigenvalue weighted by molar-refractivity contribution is 7.89. The number of benzene rings is 1. The molecule has 0 bridgehead atoms. The molecule has 1 unspecified atom stereocenters. The number of nitrogens with zero attached hydrogens (tertiary/aromatic N) is 1. The molecule has 29 heavy (non-hydrogen) atoms. The highest BCUT2D eigenvalue weighted by Crippen LogP contribution is 2.32. The summed E-state index contributed by atoms with van der Waals surface area (Å²) in [6.07, 6.45) is 1.03. The first kappa shape index (κ1) is 23.6. The number of amides is 1. The maximum Gasteiger partial charge on any atom is 0.311 e. The van der Waals surface area contributed by atoms with Gasteiger partial charge in [0.1, 0.15) is 10.9 Å². The van der Waals surface area contributed by atoms with Gasteiger partial charge in [-0.3, -0.25) is 9.59 Å². The number of hydrogen-bond donors (Lipinski definition) is 2. The Morgan fingerprint density at radius 1 is 1.34 bits per heavy atom. The van der Waals surface area contributed by atoms with Gasteiger partial charge in [-0.05, 0) is 51.3 Å². The van der Waals surface area contributed by atoms with Crippen molar-refractivity contribution in [1.82, 2.24) is 9.62 Å². The molecule has 0 radical (unpaired) electrons. The van der Waals surface area contributed by atoms with E-state index in [4.69, 9.17) is 22.1 Å². The van der Waals surface area contributed by atoms with E-state index in [9.17, 15) is 18.0 Å². The molecule has 0 aliphatic carbocycles. The van der Waals surface area contributed by atoms with Gasteiger partial charge in [0.25, 0.3) is 0 Å². The lowest BCUT2D eigenvalue weighted by Gasteiger charge is -2.38. The Morgan fingerprint density at radius 3 is 2.48 bits per heavy atom. The van der Waals surface area contributed by atoms with Crippen LogP contribution in [-0.2, 0) is 24.3 Å². The van der Waals surface area contributed by atoms with Crippen LogP contribution in [0.25, 0.3) is 0 Å². The molecule has 1 amide bonds. The third-order valence-electron chi connectivity index (χ3n) is 5.34. The number of rotatable bonds is 7. The fraction of sp³-hybridized carbons (Fsp3) is 0.579. The number of hydrogen-bond acceptors (Lipinski definition) is 6. The van der Waals surface area contributed by atoms with E-state index in [1.165, 1.54) is 13.2 Å². The Hall–Kier alpha value is -1.68. The van der Waals surface area contributed by atoms with Gasteiger partial charge in [0.15, 0.2) is 0 Å². The van der Waals surface area contributed by atoms with E-state index in [1.807, 2.05) is 0 Å². The third-order valence-corrected chi connectivity index (χ3v) is 7.44. The van der Waals surface area contributed by atoms with E-state index in [0.717, 1.165) is 0 Å². The van der Waals surface area contributed by atoms with Gasteiger partial charge in [0, 0.05) is 13.1 Å². The van der Waals surface area contributed by atoms with Crippen LogP contribution in [0, 0.1) is 12.3 Å². The van der Waals surface area contributed by atoms with Gasteiger partial charge in [-0.1, -0.05) is 23.7 Å². The number of aryl methyl sites for hydroxylation is 1. The summed E-state index contributed by atoms with van der Waals surface area (Å²) in [6, 6.07) is 3.77. The molecule has 8 nitrogen and oxygen atoms in total. The average Bonchev–Trinajstić information content (AvgIpc) is 2.66. The van der Waals surface area contributed by atoms with Crippen molar-refractivity contribution in [1.29, 1.82) is 0 Å². The van der Waals surface area contributed by atoms with Crippen molar-refractivity contribution in [3.8, 4) is 0 Å². The van der Waals surface area contributed by atoms with Crippen LogP contribution >= 0.6 is 11.6 Å². The van der Waals surface area contributed by atoms with Crippen LogP contribution in [0.4, 0.5) is 0 Å². The molecular weight excluding hydrogens is 418 g/mol. The molecule has 2 rings (SSSR count). The molecule has 1 aliphatic heterocycles. The van der Waals surface area contributed by atoms with E-state index in [2.05, 4.69) is 4.72 Å². The van der Waals surface area contributed by atoms with E-state index in [0.29, 0.717) is 31.5 Å². The second kappa shape index (κ2) is 9.42. The van der Waals surface area contributed by atoms with Crippen molar-refractivity contribution < 1.29 is 22.7 Å². The van der Waals surface area contributed by atoms with Gasteiger partial charge >= 0.3 is 5.97 Å². The average molecular weight is 446 g/mol. The number of nitrogens with one attached hydrogen (secondary N) is 1. The SMILES string of the molecule is COC(=O)C1(C)CCN(C(=O)C(CCN)NS(=O)(=O)c2c(C)cccc2Cl)CC1. The predicted octanol–water partition coefficient (Wildman–Crippen LogP) is 1.45. The summed E-state index contributed by atoms with van der Waals surface area (Å²) in [5.74, 6) is -0.673. The second-order valence-electron chi connectivity index (χ2n) is 7.51. The normalized spacial score (nSPS) is 17.6. The Bertz CT molecular complexity index is 846. The summed E-state index contributed by atoms with van der Waals surface area (Å²) in [5.41, 5.74) is 5.45. The van der Waals surface area contributed by atoms with Crippen molar-refractivity contribution in [2.45, 2.75) is 44.0 Å². The van der Waals surface area contributed by atoms with E-state index < -0.39 is 21.5 Å². The zero-order valence-electron chi connectivity index (χ0n) is 16.9. The Kier molecular flexibility index (Phi) is 7.67. The number of piperidine rings is 1. The maximum atomic E-state index is 13.0. The molecule has 0 spiro atoms. The fourth-order valence-electron chi connectivity index (χ4n) is 3.49. The van der Waals surface area contributed by atoms with E-state index >= 15 is 0 Å². The highest BCUT2D eigenvalue weighted by atomic mass is 35.5. The molecule has 162 valence electrons. The standard InChI is InChI=1S/C19H28ClN3O5S/c1-13-5-4-6-14(20)16(13)29(26,27)22-15(7-10-21)17(24)23-11-8-19(2,9-12-23)18(25)28-3/h4-6,15,22H,7-12,21H2,1-3H3. The van der Waals surface area contributed by atoms with E-state index in [1.54, 1.807) is 30.9 Å². The number of carbonyl (C=O) groups is 2. The number of methoxy groups -OCH3 is 1. The van der Waals surface area contributed by atoms with Gasteiger partial charge in [0.2, 0.25) is 15.9 Å². The predicted molar refractivity (Wildman–Crippen MR) is 110 cm³/mol. The number of sulfonamides is 1. The number of likely N-dealkylation sites (tertiary alicyclic amines) is 1. The first-order valence-corrected chi connectivity index (χ1v) is 11.3. The van der Waals surface area contributed by atoms with Crippen LogP contribution in [0.1, 0.15) is 31.7 Å². The van der Waals surface area contributed by atoms with Crippen molar-refractivity contribution in [2.75, 3.05) is 26.7 Å². The Morgan fingerprint density at radius 2 is 1.97 bits per heavy atom. The largest absolute Gasteiger partial charge is 0.469 e. The van der Waals surface area contributed by atoms with Gasteiger partial charge in [-0.15, -0.1) is 0 Å². The molecule has 0 saturated carbocycles. The zero-order chi connectivity index (χ0) is 21.8. The number of nitrogens with two attached hydrogens (primary N) is 1. The molecule has 1 fully saturated rings. The molecule has 3 N–H and O–H groups in total. The summed E-state index contributed by atoms with van der Waals surface area (Å²) in [7, 11) is -2.68. The van der Waals surface area contributed by atoms with Crippen LogP contribution in [0.2, 0.25) is 5.02 Å². The summed E-state index contributed by atoms with van der Waals surface area (Å²) in [5, 5.41) is 0.0864. The van der Waals surface area contributed by atoms with Crippen LogP contribution < -0.4 is 10.5 Å². The first-order valence-electron chi connectivity index (χ1n) is 9.40. The maximum absolute atomic E-state index is 13.0. The highest BCUT2D eigenvalue weighted by Gasteiger charge is 2.40. The van der Waals surface area contributed by atoms with Gasteiger partial charge < -0.3 is 15.4 Å². The lowest BCUT2D eigenvalue weighted by Crippen LogP contribution is -2.53. The quantitative estimate of drug-likeness (QED) is 0.613. The Balaban J connectivity index is 2.18. The summed E-state index contributed by atoms with van der Waals surface area (Å²) < 4.78 is 33.1. The van der Waals surface area contributed by atoms with Gasteiger partial charge in [-0.2, -0.15) is 4.72 Å². The minimum Gasteiger partial charge on any atom is -0.469 e. The molecule has 1 aromatic carbocycles. The van der Waals surface area contributed by atoms with Crippen LogP contribution in [-0.4, -0.2) is 58.0 Å². The lowest BCUT2D eigenvalue weighted by molar-refractivity contribution is -0.156. The van der Waals surface area contributed by atoms with Crippen LogP contribution in [0.5, 0.6) is 0 Å². The third kappa shape index (κ3) is 5.28. The summed E-state index contributed by atoms with van der Waals surface area (Å²) in [6.45, 7) is 4.24. The Labute approximate surface area is 176 Å². The van der Waals surface area contributed by atoms with Crippen molar-refractivity contribution in [3.05, 3.63) is 28.8 Å². The molecular formula is C19H28ClN3O5S. The monoisotopic (exact) mass is 445 g/mol. The van der Waals surface area contributed by atoms with Gasteiger partial charge in [0.05, 0.1) is 17.5 Å². The number of esters is 1. The zero-order valence-corrected chi connectivity index (χ0v) is 18.5. The fourth-order valence-corrected chi connectivity index (χ4v) is 5.55. The molecule has 1 saturated heterocycles. The number of halogens is 1. The van der Waals surface area contributed by atoms with Crippen LogP contribution in [0.15, 0.2) is 23.1 Å². The first-order chi connectivity index (χ1) is 13.6. The minimum absolute atomic E-state index is 0.0478. The second-order valence-corrected chi connectivity index (χ2v) is 9.57. The molecule has 10 heteroatoms.